The average Bonchev–Trinajstić information content (AvgIpc) is 2.37. The van der Waals surface area contributed by atoms with Crippen molar-refractivity contribution in [2.75, 3.05) is 0 Å². The van der Waals surface area contributed by atoms with Crippen LogP contribution in [-0.2, 0) is 14.3 Å². The van der Waals surface area contributed by atoms with Crippen LogP contribution in [0, 0.1) is 11.3 Å². The summed E-state index contributed by atoms with van der Waals surface area (Å²) in [4.78, 5) is 23.5. The first kappa shape index (κ1) is 16.0. The number of ether oxygens (including phenoxy) is 1. The molecule has 0 aliphatic heterocycles. The van der Waals surface area contributed by atoms with E-state index >= 15 is 0 Å². The van der Waals surface area contributed by atoms with E-state index in [1.165, 1.54) is 6.92 Å². The molecule has 2 aliphatic carbocycles. The van der Waals surface area contributed by atoms with E-state index in [-0.39, 0.29) is 17.1 Å². The predicted molar refractivity (Wildman–Crippen MR) is 79.5 cm³/mol. The van der Waals surface area contributed by atoms with Crippen LogP contribution in [0.15, 0.2) is 23.3 Å². The maximum absolute atomic E-state index is 12.2. The number of carbonyl (C=O) groups excluding carboxylic acids is 2. The summed E-state index contributed by atoms with van der Waals surface area (Å²) in [5, 5.41) is 9.95. The van der Waals surface area contributed by atoms with Gasteiger partial charge in [-0.1, -0.05) is 31.6 Å². The lowest BCUT2D eigenvalue weighted by atomic mass is 9.63. The fourth-order valence-corrected chi connectivity index (χ4v) is 3.51. The Bertz CT molecular complexity index is 517. The molecule has 21 heavy (non-hydrogen) atoms. The number of hydrogen-bond acceptors (Lipinski definition) is 4. The van der Waals surface area contributed by atoms with E-state index in [0.717, 1.165) is 11.1 Å². The van der Waals surface area contributed by atoms with Crippen LogP contribution in [0.2, 0.25) is 0 Å². The van der Waals surface area contributed by atoms with Crippen molar-refractivity contribution in [3.8, 4) is 0 Å². The minimum absolute atomic E-state index is 0.0744. The van der Waals surface area contributed by atoms with Gasteiger partial charge in [0, 0.05) is 18.8 Å². The second-order valence-electron chi connectivity index (χ2n) is 6.52. The van der Waals surface area contributed by atoms with Crippen molar-refractivity contribution in [3.05, 3.63) is 23.3 Å². The first-order chi connectivity index (χ1) is 9.74. The van der Waals surface area contributed by atoms with Crippen LogP contribution >= 0.6 is 0 Å². The molecule has 116 valence electrons. The van der Waals surface area contributed by atoms with E-state index in [1.807, 2.05) is 13.0 Å². The lowest BCUT2D eigenvalue weighted by Crippen LogP contribution is -2.38. The standard InChI is InChI=1S/C17H24O4/c1-10-9-17(4)11(2)7-14(19)8-13(17)5-6-15(20)16(10)21-12(3)18/h8-9,11,14,16,19H,5-7H2,1-4H3/t11-,14-,16-,17+/m0/s1. The Kier molecular flexibility index (Phi) is 4.38. The van der Waals surface area contributed by atoms with Gasteiger partial charge in [0.1, 0.15) is 0 Å². The fraction of sp³-hybridized carbons (Fsp3) is 0.647. The summed E-state index contributed by atoms with van der Waals surface area (Å²) in [5.41, 5.74) is 1.71. The highest BCUT2D eigenvalue weighted by molar-refractivity contribution is 5.88. The van der Waals surface area contributed by atoms with Crippen LogP contribution < -0.4 is 0 Å². The second kappa shape index (κ2) is 5.76. The minimum Gasteiger partial charge on any atom is -0.450 e. The molecule has 1 N–H and O–H groups in total. The summed E-state index contributed by atoms with van der Waals surface area (Å²) in [6.07, 6.45) is 4.40. The van der Waals surface area contributed by atoms with Gasteiger partial charge in [-0.3, -0.25) is 9.59 Å². The maximum atomic E-state index is 12.2. The molecular formula is C17H24O4. The third-order valence-corrected chi connectivity index (χ3v) is 4.86. The van der Waals surface area contributed by atoms with E-state index in [2.05, 4.69) is 19.9 Å². The van der Waals surface area contributed by atoms with Crippen molar-refractivity contribution >= 4 is 11.8 Å². The number of aliphatic hydroxyl groups is 1. The zero-order chi connectivity index (χ0) is 15.8. The van der Waals surface area contributed by atoms with Crippen molar-refractivity contribution in [3.63, 3.8) is 0 Å². The number of Topliss-reactive ketones (excluding diaryl/α,β-unsaturated/α-hetero) is 1. The Labute approximate surface area is 125 Å². The lowest BCUT2D eigenvalue weighted by Gasteiger charge is -2.42. The van der Waals surface area contributed by atoms with E-state index in [9.17, 15) is 14.7 Å². The van der Waals surface area contributed by atoms with Crippen LogP contribution in [0.3, 0.4) is 0 Å². The first-order valence-electron chi connectivity index (χ1n) is 7.52. The molecule has 0 unspecified atom stereocenters. The highest BCUT2D eigenvalue weighted by Crippen LogP contribution is 2.47. The fourth-order valence-electron chi connectivity index (χ4n) is 3.51. The largest absolute Gasteiger partial charge is 0.450 e. The van der Waals surface area contributed by atoms with Crippen molar-refractivity contribution in [2.24, 2.45) is 11.3 Å². The molecule has 0 bridgehead atoms. The Morgan fingerprint density at radius 1 is 1.43 bits per heavy atom. The zero-order valence-electron chi connectivity index (χ0n) is 13.2. The Balaban J connectivity index is 2.45. The highest BCUT2D eigenvalue weighted by atomic mass is 16.5. The normalized spacial score (nSPS) is 36.8. The van der Waals surface area contributed by atoms with E-state index < -0.39 is 18.2 Å². The monoisotopic (exact) mass is 292 g/mol. The van der Waals surface area contributed by atoms with Gasteiger partial charge in [-0.05, 0) is 31.3 Å². The summed E-state index contributed by atoms with van der Waals surface area (Å²) in [6, 6.07) is 0. The molecule has 0 aromatic heterocycles. The quantitative estimate of drug-likeness (QED) is 0.596. The Hall–Kier alpha value is -1.42. The van der Waals surface area contributed by atoms with Crippen LogP contribution in [0.4, 0.5) is 0 Å². The van der Waals surface area contributed by atoms with Crippen LogP contribution in [0.1, 0.15) is 47.0 Å². The minimum atomic E-state index is -0.764. The van der Waals surface area contributed by atoms with E-state index in [0.29, 0.717) is 19.3 Å². The average molecular weight is 292 g/mol. The van der Waals surface area contributed by atoms with E-state index in [4.69, 9.17) is 4.74 Å². The summed E-state index contributed by atoms with van der Waals surface area (Å²) in [5.74, 6) is -0.238. The number of hydrogen-bond donors (Lipinski definition) is 1. The van der Waals surface area contributed by atoms with Gasteiger partial charge >= 0.3 is 5.97 Å². The van der Waals surface area contributed by atoms with Gasteiger partial charge in [-0.2, -0.15) is 0 Å². The topological polar surface area (TPSA) is 63.6 Å². The molecule has 0 aromatic carbocycles. The molecule has 0 spiro atoms. The Morgan fingerprint density at radius 2 is 2.10 bits per heavy atom. The number of rotatable bonds is 1. The smallest absolute Gasteiger partial charge is 0.303 e. The van der Waals surface area contributed by atoms with Gasteiger partial charge in [0.2, 0.25) is 0 Å². The molecule has 0 amide bonds. The van der Waals surface area contributed by atoms with Gasteiger partial charge in [0.05, 0.1) is 6.10 Å². The highest BCUT2D eigenvalue weighted by Gasteiger charge is 2.40. The molecule has 0 fully saturated rings. The van der Waals surface area contributed by atoms with Gasteiger partial charge in [0.15, 0.2) is 11.9 Å². The van der Waals surface area contributed by atoms with Crippen LogP contribution in [-0.4, -0.2) is 29.1 Å². The molecule has 0 radical (unpaired) electrons. The van der Waals surface area contributed by atoms with Crippen molar-refractivity contribution in [2.45, 2.75) is 59.2 Å². The van der Waals surface area contributed by atoms with Crippen LogP contribution in [0.25, 0.3) is 0 Å². The number of carbonyl (C=O) groups is 2. The number of allylic oxidation sites excluding steroid dienone is 2. The van der Waals surface area contributed by atoms with Gasteiger partial charge in [-0.15, -0.1) is 0 Å². The van der Waals surface area contributed by atoms with Crippen molar-refractivity contribution in [1.82, 2.24) is 0 Å². The number of fused-ring (bicyclic) bond motifs is 1. The molecule has 0 saturated heterocycles. The lowest BCUT2D eigenvalue weighted by molar-refractivity contribution is -0.150. The molecule has 2 aliphatic rings. The molecule has 4 nitrogen and oxygen atoms in total. The van der Waals surface area contributed by atoms with Crippen molar-refractivity contribution in [1.29, 1.82) is 0 Å². The SMILES string of the molecule is CC(=O)O[C@@H]1C(=O)CCC2=C[C@@H](O)C[C@H](C)[C@@]2(C)C=C1C. The summed E-state index contributed by atoms with van der Waals surface area (Å²) in [6.45, 7) is 7.42. The van der Waals surface area contributed by atoms with Crippen molar-refractivity contribution < 1.29 is 19.4 Å². The third-order valence-electron chi connectivity index (χ3n) is 4.86. The first-order valence-corrected chi connectivity index (χ1v) is 7.52. The number of esters is 1. The van der Waals surface area contributed by atoms with Gasteiger partial charge in [-0.25, -0.2) is 0 Å². The Morgan fingerprint density at radius 3 is 2.71 bits per heavy atom. The second-order valence-corrected chi connectivity index (χ2v) is 6.52. The molecule has 4 heteroatoms. The molecule has 4 atom stereocenters. The third kappa shape index (κ3) is 3.10. The van der Waals surface area contributed by atoms with Crippen LogP contribution in [0.5, 0.6) is 0 Å². The maximum Gasteiger partial charge on any atom is 0.303 e. The molecule has 0 aromatic rings. The summed E-state index contributed by atoms with van der Waals surface area (Å²) >= 11 is 0. The zero-order valence-corrected chi connectivity index (χ0v) is 13.2. The molecular weight excluding hydrogens is 268 g/mol. The molecule has 2 rings (SSSR count). The summed E-state index contributed by atoms with van der Waals surface area (Å²) in [7, 11) is 0. The van der Waals surface area contributed by atoms with E-state index in [1.54, 1.807) is 0 Å². The predicted octanol–water partition coefficient (Wildman–Crippen LogP) is 2.56. The molecule has 0 heterocycles. The van der Waals surface area contributed by atoms with Gasteiger partial charge < -0.3 is 9.84 Å². The summed E-state index contributed by atoms with van der Waals surface area (Å²) < 4.78 is 5.21. The van der Waals surface area contributed by atoms with Gasteiger partial charge in [0.25, 0.3) is 0 Å². The number of aliphatic hydroxyl groups excluding tert-OH is 1. The molecule has 0 saturated carbocycles. The number of ketones is 1.